The van der Waals surface area contributed by atoms with Gasteiger partial charge in [0.1, 0.15) is 17.2 Å². The molecule has 41 heavy (non-hydrogen) atoms. The highest BCUT2D eigenvalue weighted by Crippen LogP contribution is 2.21. The molecule has 0 fully saturated rings. The van der Waals surface area contributed by atoms with Gasteiger partial charge in [-0.1, -0.05) is 79.6 Å². The van der Waals surface area contributed by atoms with Crippen molar-refractivity contribution in [3.63, 3.8) is 0 Å². The maximum absolute atomic E-state index is 10.1. The van der Waals surface area contributed by atoms with Gasteiger partial charge < -0.3 is 26.8 Å². The highest BCUT2D eigenvalue weighted by Gasteiger charge is 1.96. The molecule has 7 N–H and O–H groups in total. The van der Waals surface area contributed by atoms with Crippen LogP contribution in [0.1, 0.15) is 21.5 Å². The van der Waals surface area contributed by atoms with Gasteiger partial charge in [0, 0.05) is 72.7 Å². The van der Waals surface area contributed by atoms with E-state index in [1.54, 1.807) is 98.1 Å². The number of benzene rings is 3. The summed E-state index contributed by atoms with van der Waals surface area (Å²) in [5.41, 5.74) is 12.3. The minimum absolute atomic E-state index is 0.0347. The fourth-order valence-corrected chi connectivity index (χ4v) is 6.08. The van der Waals surface area contributed by atoms with Crippen LogP contribution in [0.25, 0.3) is 0 Å². The molecule has 8 nitrogen and oxygen atoms in total. The van der Waals surface area contributed by atoms with E-state index in [1.165, 1.54) is 6.07 Å². The Labute approximate surface area is 258 Å². The molecule has 3 aromatic rings. The number of phenolic OH excluding ortho intramolecular Hbond substituents is 3. The third-order valence-corrected chi connectivity index (χ3v) is 9.41. The summed E-state index contributed by atoms with van der Waals surface area (Å²) in [5.74, 6) is 4.44. The number of aliphatic imine (C=N–C) groups is 2. The molecule has 3 rings (SSSR count). The maximum Gasteiger partial charge on any atom is 0.153 e. The van der Waals surface area contributed by atoms with Crippen molar-refractivity contribution in [1.29, 1.82) is 0 Å². The van der Waals surface area contributed by atoms with Crippen LogP contribution in [0.2, 0.25) is 0 Å². The van der Waals surface area contributed by atoms with Crippen molar-refractivity contribution in [3.8, 4) is 17.2 Å². The third-order valence-electron chi connectivity index (χ3n) is 4.57. The van der Waals surface area contributed by atoms with Crippen LogP contribution in [0.4, 0.5) is 0 Å². The molecule has 222 valence electrons. The average Bonchev–Trinajstić information content (AvgIpc) is 2.99. The number of aromatic hydroxyl groups is 3. The van der Waals surface area contributed by atoms with Crippen LogP contribution >= 0.6 is 43.2 Å². The lowest BCUT2D eigenvalue weighted by molar-refractivity contribution is 0.112. The number of hydrogen-bond acceptors (Lipinski definition) is 12. The summed E-state index contributed by atoms with van der Waals surface area (Å²) in [5, 5.41) is 28.1. The molecule has 0 aliphatic carbocycles. The minimum Gasteiger partial charge on any atom is -0.507 e. The molecule has 0 unspecified atom stereocenters. The van der Waals surface area contributed by atoms with Crippen molar-refractivity contribution in [2.75, 3.05) is 49.2 Å². The summed E-state index contributed by atoms with van der Waals surface area (Å²) >= 11 is 0. The van der Waals surface area contributed by atoms with Crippen LogP contribution in [-0.2, 0) is 0 Å². The van der Waals surface area contributed by atoms with Gasteiger partial charge in [-0.2, -0.15) is 0 Å². The zero-order chi connectivity index (χ0) is 30.0. The number of hydrogen-bond donors (Lipinski definition) is 5. The zero-order valence-corrected chi connectivity index (χ0v) is 26.0. The molecule has 0 heterocycles. The van der Waals surface area contributed by atoms with Gasteiger partial charge in [0.15, 0.2) is 6.29 Å². The van der Waals surface area contributed by atoms with E-state index in [0.29, 0.717) is 24.9 Å². The largest absolute Gasteiger partial charge is 0.507 e. The molecule has 12 heteroatoms. The van der Waals surface area contributed by atoms with Crippen LogP contribution in [-0.4, -0.2) is 83.2 Å². The first kappa shape index (κ1) is 36.4. The van der Waals surface area contributed by atoms with Crippen molar-refractivity contribution in [2.24, 2.45) is 21.5 Å². The summed E-state index contributed by atoms with van der Waals surface area (Å²) in [4.78, 5) is 18.7. The molecule has 0 atom stereocenters. The standard InChI is InChI=1S/C18H20N2O2S2.C7H6O2.C4H12N2S2/c21-17-7-3-1-5-15(17)13-19-9-11-23-24-12-10-20-14-16-6-2-4-8-18(16)22;8-5-6-3-1-2-4-7(6)9;5-1-3-7-8-4-2-6/h1-8,13-14,21-22H,9-12H2;1-5,9H;1-6H2. The van der Waals surface area contributed by atoms with Crippen molar-refractivity contribution in [3.05, 3.63) is 89.5 Å². The number of rotatable bonds is 15. The van der Waals surface area contributed by atoms with Crippen LogP contribution in [0.15, 0.2) is 82.8 Å². The second kappa shape index (κ2) is 25.1. The first-order chi connectivity index (χ1) is 20.0. The highest BCUT2D eigenvalue weighted by molar-refractivity contribution is 8.77. The molecule has 0 saturated heterocycles. The molecule has 0 aliphatic heterocycles. The van der Waals surface area contributed by atoms with Gasteiger partial charge in [-0.25, -0.2) is 0 Å². The molecule has 0 spiro atoms. The number of para-hydroxylation sites is 3. The lowest BCUT2D eigenvalue weighted by Gasteiger charge is -1.99. The highest BCUT2D eigenvalue weighted by atomic mass is 33.1. The van der Waals surface area contributed by atoms with Crippen LogP contribution in [0.5, 0.6) is 17.2 Å². The molecular formula is C29H38N4O4S4. The molecule has 0 radical (unpaired) electrons. The summed E-state index contributed by atoms with van der Waals surface area (Å²) in [6.07, 6.45) is 4.03. The SMILES string of the molecule is NCCSSCCN.O=Cc1ccccc1O.Oc1ccccc1C=NCCSSCCN=Cc1ccccc1O. The van der Waals surface area contributed by atoms with E-state index in [9.17, 15) is 15.0 Å². The smallest absolute Gasteiger partial charge is 0.153 e. The van der Waals surface area contributed by atoms with E-state index in [4.69, 9.17) is 16.6 Å². The van der Waals surface area contributed by atoms with Gasteiger partial charge in [0.05, 0.1) is 5.56 Å². The molecule has 0 bridgehead atoms. The van der Waals surface area contributed by atoms with E-state index in [1.807, 2.05) is 24.3 Å². The first-order valence-corrected chi connectivity index (χ1v) is 17.7. The molecule has 0 amide bonds. The Bertz CT molecular complexity index is 1100. The Morgan fingerprint density at radius 3 is 1.22 bits per heavy atom. The van der Waals surface area contributed by atoms with Crippen LogP contribution in [0, 0.1) is 0 Å². The quantitative estimate of drug-likeness (QED) is 0.0626. The number of carbonyl (C=O) groups excluding carboxylic acids is 1. The molecule has 3 aromatic carbocycles. The summed E-state index contributed by atoms with van der Waals surface area (Å²) in [6, 6.07) is 20.7. The summed E-state index contributed by atoms with van der Waals surface area (Å²) < 4.78 is 0. The molecule has 0 aromatic heterocycles. The molecular weight excluding hydrogens is 597 g/mol. The van der Waals surface area contributed by atoms with Crippen molar-refractivity contribution in [2.45, 2.75) is 0 Å². The summed E-state index contributed by atoms with van der Waals surface area (Å²) in [7, 11) is 7.10. The van der Waals surface area contributed by atoms with E-state index < -0.39 is 0 Å². The monoisotopic (exact) mass is 634 g/mol. The van der Waals surface area contributed by atoms with Crippen LogP contribution in [0.3, 0.4) is 0 Å². The second-order valence-electron chi connectivity index (χ2n) is 7.73. The van der Waals surface area contributed by atoms with Crippen molar-refractivity contribution >= 4 is 61.9 Å². The van der Waals surface area contributed by atoms with Gasteiger partial charge >= 0.3 is 0 Å². The van der Waals surface area contributed by atoms with Gasteiger partial charge in [0.2, 0.25) is 0 Å². The molecule has 0 aliphatic rings. The maximum atomic E-state index is 10.1. The topological polar surface area (TPSA) is 155 Å². The minimum atomic E-state index is 0.0347. The number of aldehydes is 1. The van der Waals surface area contributed by atoms with Gasteiger partial charge in [-0.15, -0.1) is 0 Å². The fraction of sp³-hybridized carbons (Fsp3) is 0.276. The number of carbonyl (C=O) groups is 1. The predicted molar refractivity (Wildman–Crippen MR) is 183 cm³/mol. The normalized spacial score (nSPS) is 10.6. The Balaban J connectivity index is 0.000000403. The van der Waals surface area contributed by atoms with Gasteiger partial charge in [0.25, 0.3) is 0 Å². The van der Waals surface area contributed by atoms with Crippen molar-refractivity contribution < 1.29 is 20.1 Å². The van der Waals surface area contributed by atoms with Crippen molar-refractivity contribution in [1.82, 2.24) is 0 Å². The lowest BCUT2D eigenvalue weighted by Crippen LogP contribution is -2.02. The second-order valence-corrected chi connectivity index (χ2v) is 13.1. The van der Waals surface area contributed by atoms with Crippen LogP contribution < -0.4 is 11.5 Å². The van der Waals surface area contributed by atoms with E-state index in [0.717, 1.165) is 47.2 Å². The third kappa shape index (κ3) is 18.4. The summed E-state index contributed by atoms with van der Waals surface area (Å²) in [6.45, 7) is 2.96. The average molecular weight is 635 g/mol. The predicted octanol–water partition coefficient (Wildman–Crippen LogP) is 5.51. The number of phenols is 3. The van der Waals surface area contributed by atoms with Gasteiger partial charge in [-0.05, 0) is 36.4 Å². The Kier molecular flexibility index (Phi) is 22.3. The number of nitrogens with zero attached hydrogens (tertiary/aromatic N) is 2. The van der Waals surface area contributed by atoms with Gasteiger partial charge in [-0.3, -0.25) is 14.8 Å². The zero-order valence-electron chi connectivity index (χ0n) is 22.7. The van der Waals surface area contributed by atoms with E-state index >= 15 is 0 Å². The Morgan fingerprint density at radius 1 is 0.561 bits per heavy atom. The number of nitrogens with two attached hydrogens (primary N) is 2. The molecule has 0 saturated carbocycles. The Hall–Kier alpha value is -2.61. The first-order valence-electron chi connectivity index (χ1n) is 12.7. The van der Waals surface area contributed by atoms with E-state index in [2.05, 4.69) is 9.98 Å². The van der Waals surface area contributed by atoms with E-state index in [-0.39, 0.29) is 17.2 Å². The fourth-order valence-electron chi connectivity index (χ4n) is 2.62. The lowest BCUT2D eigenvalue weighted by atomic mass is 10.2. The Morgan fingerprint density at radius 2 is 0.902 bits per heavy atom.